The van der Waals surface area contributed by atoms with Gasteiger partial charge in [-0.15, -0.1) is 0 Å². The average Bonchev–Trinajstić information content (AvgIpc) is 2.56. The maximum atomic E-state index is 12.9. The van der Waals surface area contributed by atoms with Crippen LogP contribution in [0.25, 0.3) is 0 Å². The van der Waals surface area contributed by atoms with Crippen LogP contribution in [0.1, 0.15) is 19.4 Å². The molecule has 2 aromatic rings. The monoisotopic (exact) mass is 331 g/mol. The molecule has 0 bridgehead atoms. The van der Waals surface area contributed by atoms with Crippen LogP contribution in [-0.2, 0) is 4.79 Å². The summed E-state index contributed by atoms with van der Waals surface area (Å²) in [5.74, 6) is 0.612. The summed E-state index contributed by atoms with van der Waals surface area (Å²) in [5, 5.41) is 2.83. The van der Waals surface area contributed by atoms with Gasteiger partial charge in [-0.05, 0) is 57.2 Å². The smallest absolute Gasteiger partial charge is 0.261 e. The normalized spacial score (nSPS) is 13.0. The first-order valence-electron chi connectivity index (χ1n) is 7.86. The van der Waals surface area contributed by atoms with E-state index in [0.29, 0.717) is 12.4 Å². The molecule has 2 rings (SSSR count). The molecule has 0 saturated heterocycles. The molecule has 2 atom stereocenters. The number of halogens is 1. The lowest BCUT2D eigenvalue weighted by molar-refractivity contribution is -0.128. The van der Waals surface area contributed by atoms with Crippen LogP contribution in [-0.4, -0.2) is 24.7 Å². The molecule has 0 spiro atoms. The molecule has 0 aliphatic heterocycles. The summed E-state index contributed by atoms with van der Waals surface area (Å²) in [6, 6.07) is 13.1. The number of hydrogen-bond donors (Lipinski definition) is 1. The van der Waals surface area contributed by atoms with Crippen molar-refractivity contribution >= 4 is 5.91 Å². The molecule has 2 unspecified atom stereocenters. The predicted octanol–water partition coefficient (Wildman–Crippen LogP) is 3.49. The van der Waals surface area contributed by atoms with E-state index in [0.717, 1.165) is 11.3 Å². The maximum absolute atomic E-state index is 12.9. The number of benzene rings is 2. The van der Waals surface area contributed by atoms with Crippen LogP contribution < -0.4 is 14.8 Å². The van der Waals surface area contributed by atoms with Gasteiger partial charge >= 0.3 is 0 Å². The van der Waals surface area contributed by atoms with Crippen LogP contribution in [0.2, 0.25) is 0 Å². The summed E-state index contributed by atoms with van der Waals surface area (Å²) in [4.78, 5) is 12.1. The SMILES string of the molecule is Cc1ccc(OCC(C)NC(=O)C(C)Oc2ccc(F)cc2)cc1. The van der Waals surface area contributed by atoms with Gasteiger partial charge < -0.3 is 14.8 Å². The third-order valence-electron chi connectivity index (χ3n) is 3.41. The Morgan fingerprint density at radius 2 is 1.62 bits per heavy atom. The molecule has 0 aromatic heterocycles. The van der Waals surface area contributed by atoms with E-state index in [2.05, 4.69) is 5.32 Å². The van der Waals surface area contributed by atoms with Gasteiger partial charge in [0.1, 0.15) is 23.9 Å². The van der Waals surface area contributed by atoms with Crippen LogP contribution in [0.3, 0.4) is 0 Å². The summed E-state index contributed by atoms with van der Waals surface area (Å²) < 4.78 is 24.0. The van der Waals surface area contributed by atoms with E-state index in [-0.39, 0.29) is 17.8 Å². The van der Waals surface area contributed by atoms with Gasteiger partial charge in [-0.2, -0.15) is 0 Å². The van der Waals surface area contributed by atoms with E-state index in [1.165, 1.54) is 24.3 Å². The Kier molecular flexibility index (Phi) is 6.18. The number of carbonyl (C=O) groups is 1. The minimum atomic E-state index is -0.683. The van der Waals surface area contributed by atoms with Crippen molar-refractivity contribution in [2.24, 2.45) is 0 Å². The molecule has 0 aliphatic carbocycles. The molecule has 1 amide bonds. The van der Waals surface area contributed by atoms with Crippen LogP contribution in [0.5, 0.6) is 11.5 Å². The molecule has 4 nitrogen and oxygen atoms in total. The number of amides is 1. The predicted molar refractivity (Wildman–Crippen MR) is 90.8 cm³/mol. The van der Waals surface area contributed by atoms with Crippen LogP contribution in [0.15, 0.2) is 48.5 Å². The van der Waals surface area contributed by atoms with E-state index in [4.69, 9.17) is 9.47 Å². The van der Waals surface area contributed by atoms with E-state index in [1.54, 1.807) is 6.92 Å². The zero-order valence-corrected chi connectivity index (χ0v) is 14.1. The van der Waals surface area contributed by atoms with Crippen LogP contribution in [0, 0.1) is 12.7 Å². The zero-order valence-electron chi connectivity index (χ0n) is 14.1. The van der Waals surface area contributed by atoms with Crippen LogP contribution >= 0.6 is 0 Å². The number of ether oxygens (including phenoxy) is 2. The van der Waals surface area contributed by atoms with Crippen molar-refractivity contribution in [2.75, 3.05) is 6.61 Å². The molecule has 0 saturated carbocycles. The summed E-state index contributed by atoms with van der Waals surface area (Å²) in [7, 11) is 0. The molecular weight excluding hydrogens is 309 g/mol. The highest BCUT2D eigenvalue weighted by molar-refractivity contribution is 5.80. The number of rotatable bonds is 7. The Labute approximate surface area is 141 Å². The third kappa shape index (κ3) is 5.57. The first-order chi connectivity index (χ1) is 11.4. The van der Waals surface area contributed by atoms with Gasteiger partial charge in [0, 0.05) is 0 Å². The minimum absolute atomic E-state index is 0.168. The maximum Gasteiger partial charge on any atom is 0.261 e. The number of hydrogen-bond acceptors (Lipinski definition) is 3. The van der Waals surface area contributed by atoms with Crippen molar-refractivity contribution in [3.8, 4) is 11.5 Å². The van der Waals surface area contributed by atoms with Gasteiger partial charge in [0.25, 0.3) is 5.91 Å². The van der Waals surface area contributed by atoms with Crippen molar-refractivity contribution in [3.05, 3.63) is 59.9 Å². The highest BCUT2D eigenvalue weighted by atomic mass is 19.1. The van der Waals surface area contributed by atoms with Crippen molar-refractivity contribution in [1.29, 1.82) is 0 Å². The van der Waals surface area contributed by atoms with Gasteiger partial charge in [0.15, 0.2) is 6.10 Å². The number of nitrogens with one attached hydrogen (secondary N) is 1. The molecule has 128 valence electrons. The summed E-state index contributed by atoms with van der Waals surface area (Å²) in [6.07, 6.45) is -0.683. The van der Waals surface area contributed by atoms with Crippen molar-refractivity contribution in [1.82, 2.24) is 5.32 Å². The van der Waals surface area contributed by atoms with Gasteiger partial charge in [0.05, 0.1) is 6.04 Å². The third-order valence-corrected chi connectivity index (χ3v) is 3.41. The largest absolute Gasteiger partial charge is 0.491 e. The second kappa shape index (κ2) is 8.34. The first-order valence-corrected chi connectivity index (χ1v) is 7.86. The van der Waals surface area contributed by atoms with E-state index in [1.807, 2.05) is 38.1 Å². The second-order valence-electron chi connectivity index (χ2n) is 5.75. The minimum Gasteiger partial charge on any atom is -0.491 e. The van der Waals surface area contributed by atoms with Gasteiger partial charge in [-0.3, -0.25) is 4.79 Å². The summed E-state index contributed by atoms with van der Waals surface area (Å²) >= 11 is 0. The molecule has 0 heterocycles. The Bertz CT molecular complexity index is 655. The first kappa shape index (κ1) is 17.8. The fourth-order valence-electron chi connectivity index (χ4n) is 2.03. The molecule has 24 heavy (non-hydrogen) atoms. The number of carbonyl (C=O) groups excluding carboxylic acids is 1. The van der Waals surface area contributed by atoms with E-state index in [9.17, 15) is 9.18 Å². The average molecular weight is 331 g/mol. The van der Waals surface area contributed by atoms with Gasteiger partial charge in [-0.25, -0.2) is 4.39 Å². The fraction of sp³-hybridized carbons (Fsp3) is 0.316. The quantitative estimate of drug-likeness (QED) is 0.845. The molecule has 0 aliphatic rings. The topological polar surface area (TPSA) is 47.6 Å². The second-order valence-corrected chi connectivity index (χ2v) is 5.75. The van der Waals surface area contributed by atoms with E-state index < -0.39 is 6.10 Å². The molecule has 2 aromatic carbocycles. The molecule has 0 radical (unpaired) electrons. The molecule has 5 heteroatoms. The van der Waals surface area contributed by atoms with Crippen molar-refractivity contribution in [2.45, 2.75) is 32.9 Å². The lowest BCUT2D eigenvalue weighted by atomic mass is 10.2. The highest BCUT2D eigenvalue weighted by Gasteiger charge is 2.17. The lowest BCUT2D eigenvalue weighted by Gasteiger charge is -2.19. The molecule has 0 fully saturated rings. The van der Waals surface area contributed by atoms with E-state index >= 15 is 0 Å². The molecular formula is C19H22FNO3. The Morgan fingerprint density at radius 3 is 2.25 bits per heavy atom. The molecule has 1 N–H and O–H groups in total. The Balaban J connectivity index is 1.77. The highest BCUT2D eigenvalue weighted by Crippen LogP contribution is 2.13. The standard InChI is InChI=1S/C19H22FNO3/c1-13-4-8-17(9-5-13)23-12-14(2)21-19(22)15(3)24-18-10-6-16(20)7-11-18/h4-11,14-15H,12H2,1-3H3,(H,21,22). The van der Waals surface area contributed by atoms with Crippen molar-refractivity contribution in [3.63, 3.8) is 0 Å². The van der Waals surface area contributed by atoms with Crippen molar-refractivity contribution < 1.29 is 18.7 Å². The van der Waals surface area contributed by atoms with Gasteiger partial charge in [0.2, 0.25) is 0 Å². The fourth-order valence-corrected chi connectivity index (χ4v) is 2.03. The zero-order chi connectivity index (χ0) is 17.5. The summed E-state index contributed by atoms with van der Waals surface area (Å²) in [5.41, 5.74) is 1.16. The summed E-state index contributed by atoms with van der Waals surface area (Å²) in [6.45, 7) is 5.87. The Hall–Kier alpha value is -2.56. The van der Waals surface area contributed by atoms with Crippen LogP contribution in [0.4, 0.5) is 4.39 Å². The Morgan fingerprint density at radius 1 is 1.04 bits per heavy atom. The van der Waals surface area contributed by atoms with Gasteiger partial charge in [-0.1, -0.05) is 17.7 Å². The number of aryl methyl sites for hydroxylation is 1. The lowest BCUT2D eigenvalue weighted by Crippen LogP contribution is -2.43.